The van der Waals surface area contributed by atoms with Gasteiger partial charge < -0.3 is 15.8 Å². The van der Waals surface area contributed by atoms with Crippen LogP contribution in [0.15, 0.2) is 54.9 Å². The molecule has 0 spiro atoms. The van der Waals surface area contributed by atoms with Crippen LogP contribution in [0.4, 0.5) is 23.0 Å². The van der Waals surface area contributed by atoms with Crippen molar-refractivity contribution in [2.75, 3.05) is 23.6 Å². The molecule has 0 aliphatic carbocycles. The molecule has 0 aliphatic heterocycles. The zero-order chi connectivity index (χ0) is 20.8. The Labute approximate surface area is 167 Å². The van der Waals surface area contributed by atoms with Crippen LogP contribution >= 0.6 is 0 Å². The molecule has 29 heavy (non-hydrogen) atoms. The predicted molar refractivity (Wildman–Crippen MR) is 110 cm³/mol. The Morgan fingerprint density at radius 1 is 1.03 bits per heavy atom. The fourth-order valence-corrected chi connectivity index (χ4v) is 2.56. The van der Waals surface area contributed by atoms with E-state index < -0.39 is 5.91 Å². The molecule has 5 N–H and O–H groups in total. The lowest BCUT2D eigenvalue weighted by Crippen LogP contribution is -2.30. The highest BCUT2D eigenvalue weighted by molar-refractivity contribution is 5.98. The number of ketones is 1. The molecule has 148 valence electrons. The Kier molecular flexibility index (Phi) is 5.88. The van der Waals surface area contributed by atoms with Crippen LogP contribution in [-0.4, -0.2) is 28.8 Å². The highest BCUT2D eigenvalue weighted by atomic mass is 16.5. The summed E-state index contributed by atoms with van der Waals surface area (Å²) in [5, 5.41) is 3.04. The minimum absolute atomic E-state index is 0.0503. The number of hydrogen-bond donors (Lipinski definition) is 4. The minimum atomic E-state index is -0.413. The summed E-state index contributed by atoms with van der Waals surface area (Å²) in [6.45, 7) is 1.49. The van der Waals surface area contributed by atoms with Crippen molar-refractivity contribution < 1.29 is 14.3 Å². The number of nitrogens with two attached hydrogens (primary N) is 1. The van der Waals surface area contributed by atoms with Crippen LogP contribution in [0.5, 0.6) is 5.75 Å². The van der Waals surface area contributed by atoms with Gasteiger partial charge in [-0.05, 0) is 31.2 Å². The lowest BCUT2D eigenvalue weighted by Gasteiger charge is -2.14. The zero-order valence-electron chi connectivity index (χ0n) is 15.9. The van der Waals surface area contributed by atoms with E-state index in [4.69, 9.17) is 10.5 Å². The summed E-state index contributed by atoms with van der Waals surface area (Å²) in [6, 6.07) is 13.8. The van der Waals surface area contributed by atoms with E-state index in [2.05, 4.69) is 26.1 Å². The summed E-state index contributed by atoms with van der Waals surface area (Å²) < 4.78 is 5.18. The van der Waals surface area contributed by atoms with Crippen LogP contribution in [0.25, 0.3) is 0 Å². The van der Waals surface area contributed by atoms with Gasteiger partial charge in [0, 0.05) is 11.3 Å². The quantitative estimate of drug-likeness (QED) is 0.357. The number of nitrogens with one attached hydrogen (secondary N) is 3. The largest absolute Gasteiger partial charge is 0.496 e. The number of Topliss-reactive ketones (excluding diaryl/α,β-unsaturated/α-hetero) is 1. The van der Waals surface area contributed by atoms with Gasteiger partial charge in [0.15, 0.2) is 17.4 Å². The standard InChI is InChI=1S/C20H20N6O3/c1-12(27)13-6-5-7-14(10-13)24-18-17(21)19(23-11-22-18)25-26-20(28)15-8-3-4-9-16(15)29-2/h3-11H,21H2,1-2H3,(H,26,28)(H2,22,23,24,25). The number of carbonyl (C=O) groups excluding carboxylic acids is 2. The van der Waals surface area contributed by atoms with Crippen molar-refractivity contribution in [3.05, 3.63) is 66.0 Å². The molecule has 3 rings (SSSR count). The molecule has 9 heteroatoms. The van der Waals surface area contributed by atoms with E-state index in [1.807, 2.05) is 0 Å². The molecule has 0 fully saturated rings. The van der Waals surface area contributed by atoms with Gasteiger partial charge in [-0.15, -0.1) is 0 Å². The summed E-state index contributed by atoms with van der Waals surface area (Å²) in [6.07, 6.45) is 1.30. The van der Waals surface area contributed by atoms with Crippen molar-refractivity contribution in [2.24, 2.45) is 0 Å². The summed E-state index contributed by atoms with van der Waals surface area (Å²) in [5.74, 6) is 0.522. The fourth-order valence-electron chi connectivity index (χ4n) is 2.56. The molecule has 0 saturated carbocycles. The lowest BCUT2D eigenvalue weighted by atomic mass is 10.1. The van der Waals surface area contributed by atoms with Crippen molar-refractivity contribution >= 4 is 34.7 Å². The van der Waals surface area contributed by atoms with Crippen molar-refractivity contribution in [3.63, 3.8) is 0 Å². The Hall–Kier alpha value is -4.14. The number of benzene rings is 2. The van der Waals surface area contributed by atoms with Crippen LogP contribution in [0.3, 0.4) is 0 Å². The van der Waals surface area contributed by atoms with Crippen molar-refractivity contribution in [2.45, 2.75) is 6.92 Å². The van der Waals surface area contributed by atoms with Gasteiger partial charge in [0.1, 0.15) is 17.8 Å². The predicted octanol–water partition coefficient (Wildman–Crippen LogP) is 2.77. The van der Waals surface area contributed by atoms with Crippen molar-refractivity contribution in [1.29, 1.82) is 0 Å². The number of hydrogen-bond acceptors (Lipinski definition) is 8. The van der Waals surface area contributed by atoms with E-state index in [-0.39, 0.29) is 17.3 Å². The van der Waals surface area contributed by atoms with Crippen LogP contribution in [0.1, 0.15) is 27.6 Å². The smallest absolute Gasteiger partial charge is 0.273 e. The maximum absolute atomic E-state index is 12.4. The average Bonchev–Trinajstić information content (AvgIpc) is 2.74. The first-order valence-electron chi connectivity index (χ1n) is 8.67. The fraction of sp³-hybridized carbons (Fsp3) is 0.100. The third-order valence-corrected chi connectivity index (χ3v) is 4.06. The number of aromatic nitrogens is 2. The monoisotopic (exact) mass is 392 g/mol. The summed E-state index contributed by atoms with van der Waals surface area (Å²) in [5.41, 5.74) is 13.1. The minimum Gasteiger partial charge on any atom is -0.496 e. The van der Waals surface area contributed by atoms with Gasteiger partial charge in [0.2, 0.25) is 0 Å². The number of methoxy groups -OCH3 is 1. The molecule has 0 radical (unpaired) electrons. The van der Waals surface area contributed by atoms with Crippen molar-refractivity contribution in [3.8, 4) is 5.75 Å². The van der Waals surface area contributed by atoms with E-state index in [9.17, 15) is 9.59 Å². The molecule has 0 saturated heterocycles. The SMILES string of the molecule is COc1ccccc1C(=O)NNc1ncnc(Nc2cccc(C(C)=O)c2)c1N. The van der Waals surface area contributed by atoms with Gasteiger partial charge in [-0.1, -0.05) is 24.3 Å². The number of anilines is 4. The molecular weight excluding hydrogens is 372 g/mol. The normalized spacial score (nSPS) is 10.1. The molecule has 2 aromatic carbocycles. The van der Waals surface area contributed by atoms with Crippen LogP contribution in [-0.2, 0) is 0 Å². The Bertz CT molecular complexity index is 1050. The number of nitrogen functional groups attached to an aromatic ring is 1. The van der Waals surface area contributed by atoms with E-state index in [0.717, 1.165) is 0 Å². The number of para-hydroxylation sites is 1. The number of rotatable bonds is 7. The van der Waals surface area contributed by atoms with Gasteiger partial charge >= 0.3 is 0 Å². The maximum atomic E-state index is 12.4. The zero-order valence-corrected chi connectivity index (χ0v) is 15.9. The third-order valence-electron chi connectivity index (χ3n) is 4.06. The van der Waals surface area contributed by atoms with Gasteiger partial charge in [-0.25, -0.2) is 9.97 Å². The topological polar surface area (TPSA) is 131 Å². The second kappa shape index (κ2) is 8.70. The van der Waals surface area contributed by atoms with Gasteiger partial charge in [0.05, 0.1) is 12.7 Å². The van der Waals surface area contributed by atoms with E-state index >= 15 is 0 Å². The molecule has 9 nitrogen and oxygen atoms in total. The second-order valence-corrected chi connectivity index (χ2v) is 6.03. The highest BCUT2D eigenvalue weighted by Gasteiger charge is 2.13. The molecule has 0 atom stereocenters. The molecule has 0 unspecified atom stereocenters. The number of carbonyl (C=O) groups is 2. The first kappa shape index (κ1) is 19.6. The summed E-state index contributed by atoms with van der Waals surface area (Å²) in [7, 11) is 1.49. The number of amides is 1. The van der Waals surface area contributed by atoms with Gasteiger partial charge in [-0.3, -0.25) is 20.4 Å². The molecule has 1 aromatic heterocycles. The Balaban J connectivity index is 1.74. The molecule has 1 heterocycles. The van der Waals surface area contributed by atoms with Gasteiger partial charge in [-0.2, -0.15) is 0 Å². The maximum Gasteiger partial charge on any atom is 0.273 e. The number of nitrogens with zero attached hydrogens (tertiary/aromatic N) is 2. The van der Waals surface area contributed by atoms with E-state index in [1.165, 1.54) is 20.4 Å². The molecular formula is C20H20N6O3. The molecule has 1 amide bonds. The summed E-state index contributed by atoms with van der Waals surface area (Å²) in [4.78, 5) is 32.1. The van der Waals surface area contributed by atoms with Crippen LogP contribution in [0.2, 0.25) is 0 Å². The Morgan fingerprint density at radius 2 is 1.79 bits per heavy atom. The number of hydrazine groups is 1. The molecule has 0 bridgehead atoms. The first-order valence-corrected chi connectivity index (χ1v) is 8.67. The summed E-state index contributed by atoms with van der Waals surface area (Å²) >= 11 is 0. The lowest BCUT2D eigenvalue weighted by molar-refractivity contribution is 0.0958. The van der Waals surface area contributed by atoms with Crippen molar-refractivity contribution in [1.82, 2.24) is 15.4 Å². The molecule has 3 aromatic rings. The van der Waals surface area contributed by atoms with Gasteiger partial charge in [0.25, 0.3) is 5.91 Å². The highest BCUT2D eigenvalue weighted by Crippen LogP contribution is 2.26. The molecule has 0 aliphatic rings. The Morgan fingerprint density at radius 3 is 2.55 bits per heavy atom. The van der Waals surface area contributed by atoms with Crippen LogP contribution < -0.4 is 26.6 Å². The first-order chi connectivity index (χ1) is 14.0. The van der Waals surface area contributed by atoms with E-state index in [1.54, 1.807) is 48.5 Å². The second-order valence-electron chi connectivity index (χ2n) is 6.03. The third kappa shape index (κ3) is 4.59. The van der Waals surface area contributed by atoms with E-state index in [0.29, 0.717) is 28.4 Å². The average molecular weight is 392 g/mol. The number of ether oxygens (including phenoxy) is 1. The van der Waals surface area contributed by atoms with Crippen LogP contribution in [0, 0.1) is 0 Å².